The number of aromatic hydroxyl groups is 1. The maximum atomic E-state index is 14.9. The summed E-state index contributed by atoms with van der Waals surface area (Å²) in [5.41, 5.74) is -0.255. The number of hydrogen-bond acceptors (Lipinski definition) is 7. The molecule has 1 saturated carbocycles. The fourth-order valence-electron chi connectivity index (χ4n) is 8.05. The molecule has 46 heavy (non-hydrogen) atoms. The molecule has 4 amide bonds. The molecule has 2 heterocycles. The number of rotatable bonds is 4. The molecule has 0 spiro atoms. The van der Waals surface area contributed by atoms with Crippen molar-refractivity contribution in [2.24, 2.45) is 29.1 Å². The third-order valence-electron chi connectivity index (χ3n) is 10.2. The maximum absolute atomic E-state index is 14.9. The highest BCUT2D eigenvalue weighted by Crippen LogP contribution is 2.63. The number of benzene rings is 3. The average Bonchev–Trinajstić information content (AvgIpc) is 3.39. The zero-order valence-corrected chi connectivity index (χ0v) is 25.0. The predicted octanol–water partition coefficient (Wildman–Crippen LogP) is 3.44. The van der Waals surface area contributed by atoms with Crippen molar-refractivity contribution >= 4 is 59.2 Å². The number of carbonyl (C=O) groups excluding carboxylic acids is 4. The lowest BCUT2D eigenvalue weighted by molar-refractivity contribution is -0.131. The molecule has 3 aromatic rings. The van der Waals surface area contributed by atoms with E-state index in [1.807, 2.05) is 0 Å². The van der Waals surface area contributed by atoms with E-state index >= 15 is 0 Å². The first-order valence-electron chi connectivity index (χ1n) is 14.7. The molecular weight excluding hydrogens is 621 g/mol. The lowest BCUT2D eigenvalue weighted by Crippen LogP contribution is -2.49. The SMILES string of the molecule is C[C@@]12C(=O)N(c3ccc(F)c(Cl)c3)C(=O)[C@@H]1C[C@@H]1C(=CC[C@@H]3C(=O)N(c4cccc(B(O)O)c4)C(=O)[C@@H]31)[C@@H]2c1ccc(O)c(F)c1. The van der Waals surface area contributed by atoms with E-state index in [1.54, 1.807) is 13.0 Å². The van der Waals surface area contributed by atoms with Gasteiger partial charge in [-0.3, -0.25) is 24.1 Å². The van der Waals surface area contributed by atoms with Gasteiger partial charge in [-0.25, -0.2) is 13.7 Å². The van der Waals surface area contributed by atoms with Gasteiger partial charge in [0.1, 0.15) is 5.82 Å². The van der Waals surface area contributed by atoms with E-state index in [-0.39, 0.29) is 34.7 Å². The smallest absolute Gasteiger partial charge is 0.488 e. The lowest BCUT2D eigenvalue weighted by atomic mass is 9.51. The van der Waals surface area contributed by atoms with Gasteiger partial charge in [0.15, 0.2) is 11.6 Å². The molecule has 4 aliphatic rings. The van der Waals surface area contributed by atoms with Crippen molar-refractivity contribution in [3.05, 3.63) is 94.5 Å². The molecule has 3 fully saturated rings. The molecule has 7 rings (SSSR count). The normalized spacial score (nSPS) is 28.7. The number of allylic oxidation sites excluding steroid dienone is 2. The number of halogens is 3. The second kappa shape index (κ2) is 10.6. The van der Waals surface area contributed by atoms with Gasteiger partial charge >= 0.3 is 7.12 Å². The molecule has 3 N–H and O–H groups in total. The summed E-state index contributed by atoms with van der Waals surface area (Å²) >= 11 is 6.01. The summed E-state index contributed by atoms with van der Waals surface area (Å²) in [5, 5.41) is 29.0. The number of fused-ring (bicyclic) bond motifs is 4. The average molecular weight is 647 g/mol. The van der Waals surface area contributed by atoms with Crippen molar-refractivity contribution < 1.29 is 43.1 Å². The van der Waals surface area contributed by atoms with E-state index in [0.717, 1.165) is 28.0 Å². The standard InChI is InChI=1S/C33H26BClF2N2O7/c1-33-22(30(42)39(32(33)44)18-6-9-24(36)23(35)13-18)14-21-19(28(33)15-5-10-26(40)25(37)11-15)7-8-20-27(21)31(43)38(29(20)41)17-4-2-3-16(12-17)34(45)46/h2-7,9-13,20-22,27-28,40,45-46H,8,14H2,1H3/t20-,21+,22-,27-,28-,33+/m0/s1. The van der Waals surface area contributed by atoms with Crippen LogP contribution in [0.4, 0.5) is 20.2 Å². The topological polar surface area (TPSA) is 135 Å². The molecule has 9 nitrogen and oxygen atoms in total. The molecule has 6 atom stereocenters. The Bertz CT molecular complexity index is 1900. The molecule has 0 bridgehead atoms. The van der Waals surface area contributed by atoms with E-state index in [9.17, 15) is 43.1 Å². The van der Waals surface area contributed by atoms with Crippen LogP contribution >= 0.6 is 11.6 Å². The first kappa shape index (κ1) is 30.3. The number of amides is 4. The fourth-order valence-corrected chi connectivity index (χ4v) is 8.22. The number of nitrogens with zero attached hydrogens (tertiary/aromatic N) is 2. The molecule has 13 heteroatoms. The second-order valence-corrected chi connectivity index (χ2v) is 12.9. The number of imide groups is 2. The van der Waals surface area contributed by atoms with Gasteiger partial charge < -0.3 is 15.2 Å². The van der Waals surface area contributed by atoms with Crippen LogP contribution in [0.3, 0.4) is 0 Å². The summed E-state index contributed by atoms with van der Waals surface area (Å²) in [4.78, 5) is 58.4. The quantitative estimate of drug-likeness (QED) is 0.225. The minimum atomic E-state index is -1.82. The van der Waals surface area contributed by atoms with Crippen LogP contribution in [0.2, 0.25) is 5.02 Å². The third kappa shape index (κ3) is 4.20. The minimum absolute atomic E-state index is 0.0266. The highest BCUT2D eigenvalue weighted by atomic mass is 35.5. The number of anilines is 2. The summed E-state index contributed by atoms with van der Waals surface area (Å²) in [5.74, 6) is -8.83. The Morgan fingerprint density at radius 2 is 1.61 bits per heavy atom. The van der Waals surface area contributed by atoms with Gasteiger partial charge in [-0.05, 0) is 79.2 Å². The Hall–Kier alpha value is -4.39. The van der Waals surface area contributed by atoms with Gasteiger partial charge in [0.25, 0.3) is 0 Å². The van der Waals surface area contributed by atoms with Crippen molar-refractivity contribution in [3.8, 4) is 5.75 Å². The number of phenols is 1. The van der Waals surface area contributed by atoms with Gasteiger partial charge in [-0.2, -0.15) is 0 Å². The van der Waals surface area contributed by atoms with E-state index < -0.39 is 83.1 Å². The van der Waals surface area contributed by atoms with Crippen molar-refractivity contribution in [1.29, 1.82) is 0 Å². The Morgan fingerprint density at radius 3 is 2.30 bits per heavy atom. The molecule has 0 unspecified atom stereocenters. The monoisotopic (exact) mass is 646 g/mol. The Labute approximate surface area is 266 Å². The van der Waals surface area contributed by atoms with Crippen molar-refractivity contribution in [2.45, 2.75) is 25.7 Å². The zero-order valence-electron chi connectivity index (χ0n) is 24.2. The van der Waals surface area contributed by atoms with E-state index in [4.69, 9.17) is 11.6 Å². The van der Waals surface area contributed by atoms with Crippen LogP contribution in [-0.4, -0.2) is 45.9 Å². The molecule has 0 aromatic heterocycles. The first-order valence-corrected chi connectivity index (χ1v) is 15.1. The summed E-state index contributed by atoms with van der Waals surface area (Å²) in [6.45, 7) is 1.61. The first-order chi connectivity index (χ1) is 21.8. The molecule has 3 aromatic carbocycles. The van der Waals surface area contributed by atoms with Crippen LogP contribution in [0.1, 0.15) is 31.2 Å². The Kier molecular flexibility index (Phi) is 6.96. The van der Waals surface area contributed by atoms with Crippen LogP contribution in [0.25, 0.3) is 0 Å². The predicted molar refractivity (Wildman–Crippen MR) is 163 cm³/mol. The van der Waals surface area contributed by atoms with Crippen molar-refractivity contribution in [3.63, 3.8) is 0 Å². The third-order valence-corrected chi connectivity index (χ3v) is 10.5. The Balaban J connectivity index is 1.36. The van der Waals surface area contributed by atoms with Crippen LogP contribution < -0.4 is 15.3 Å². The van der Waals surface area contributed by atoms with E-state index in [0.29, 0.717) is 11.1 Å². The minimum Gasteiger partial charge on any atom is -0.505 e. The highest BCUT2D eigenvalue weighted by molar-refractivity contribution is 6.58. The fraction of sp³-hybridized carbons (Fsp3) is 0.273. The second-order valence-electron chi connectivity index (χ2n) is 12.5. The van der Waals surface area contributed by atoms with Gasteiger partial charge in [0.05, 0.1) is 39.6 Å². The summed E-state index contributed by atoms with van der Waals surface area (Å²) in [6.07, 6.45) is 1.95. The van der Waals surface area contributed by atoms with Crippen LogP contribution in [0, 0.1) is 40.7 Å². The summed E-state index contributed by atoms with van der Waals surface area (Å²) in [6, 6.07) is 13.0. The van der Waals surface area contributed by atoms with Gasteiger partial charge in [-0.1, -0.05) is 41.4 Å². The molecular formula is C33H26BClF2N2O7. The van der Waals surface area contributed by atoms with Crippen LogP contribution in [0.15, 0.2) is 72.3 Å². The maximum Gasteiger partial charge on any atom is 0.488 e. The summed E-state index contributed by atoms with van der Waals surface area (Å²) < 4.78 is 28.9. The molecule has 234 valence electrons. The van der Waals surface area contributed by atoms with Gasteiger partial charge in [0.2, 0.25) is 23.6 Å². The van der Waals surface area contributed by atoms with Crippen LogP contribution in [0.5, 0.6) is 5.75 Å². The van der Waals surface area contributed by atoms with Gasteiger partial charge in [-0.15, -0.1) is 0 Å². The number of phenolic OH excluding ortho intramolecular Hbond substituents is 1. The van der Waals surface area contributed by atoms with Crippen LogP contribution in [-0.2, 0) is 19.2 Å². The molecule has 2 saturated heterocycles. The summed E-state index contributed by atoms with van der Waals surface area (Å²) in [7, 11) is -1.82. The Morgan fingerprint density at radius 1 is 0.870 bits per heavy atom. The van der Waals surface area contributed by atoms with Gasteiger partial charge in [0, 0.05) is 5.92 Å². The van der Waals surface area contributed by atoms with Crippen molar-refractivity contribution in [1.82, 2.24) is 0 Å². The largest absolute Gasteiger partial charge is 0.505 e. The lowest BCUT2D eigenvalue weighted by Gasteiger charge is -2.49. The number of carbonyl (C=O) groups is 4. The van der Waals surface area contributed by atoms with E-state index in [1.165, 1.54) is 42.5 Å². The highest BCUT2D eigenvalue weighted by Gasteiger charge is 2.67. The van der Waals surface area contributed by atoms with E-state index in [2.05, 4.69) is 0 Å². The number of hydrogen-bond donors (Lipinski definition) is 3. The molecule has 2 aliphatic heterocycles. The molecule has 0 radical (unpaired) electrons. The zero-order chi connectivity index (χ0) is 32.8. The van der Waals surface area contributed by atoms with Crippen molar-refractivity contribution in [2.75, 3.05) is 9.80 Å². The molecule has 2 aliphatic carbocycles.